The molecular formula is C19H25N3O3. The largest absolute Gasteiger partial charge is 0.393 e. The highest BCUT2D eigenvalue weighted by Crippen LogP contribution is 2.38. The van der Waals surface area contributed by atoms with Gasteiger partial charge in [0.25, 0.3) is 5.91 Å². The summed E-state index contributed by atoms with van der Waals surface area (Å²) in [6, 6.07) is 5.60. The highest BCUT2D eigenvalue weighted by molar-refractivity contribution is 5.95. The molecule has 1 spiro atoms. The molecule has 2 aromatic heterocycles. The first kappa shape index (κ1) is 16.5. The highest BCUT2D eigenvalue weighted by atomic mass is 16.5. The standard InChI is InChI=1S/C19H25N3O3/c1-2-17-12-16(23)13-19(25-17)5-9-21(10-6-19)18(24)14-4-8-22-15(11-14)3-7-20-22/h3-4,7-8,11,16-17,23H,2,5-6,9-10,12-13H2,1H3/t16-,17+/m1/s1. The van der Waals surface area contributed by atoms with E-state index in [9.17, 15) is 9.90 Å². The molecule has 2 aromatic rings. The topological polar surface area (TPSA) is 67.1 Å². The molecular weight excluding hydrogens is 318 g/mol. The molecule has 0 radical (unpaired) electrons. The van der Waals surface area contributed by atoms with Crippen molar-refractivity contribution < 1.29 is 14.6 Å². The molecule has 134 valence electrons. The first-order valence-electron chi connectivity index (χ1n) is 9.17. The summed E-state index contributed by atoms with van der Waals surface area (Å²) < 4.78 is 8.06. The Morgan fingerprint density at radius 2 is 2.20 bits per heavy atom. The number of likely N-dealkylation sites (tertiary alicyclic amines) is 1. The van der Waals surface area contributed by atoms with Crippen molar-refractivity contribution >= 4 is 11.4 Å². The van der Waals surface area contributed by atoms with Gasteiger partial charge in [-0.05, 0) is 43.9 Å². The summed E-state index contributed by atoms with van der Waals surface area (Å²) in [4.78, 5) is 14.7. The quantitative estimate of drug-likeness (QED) is 0.908. The average Bonchev–Trinajstić information content (AvgIpc) is 3.08. The SMILES string of the molecule is CC[C@H]1C[C@@H](O)CC2(CCN(C(=O)c3ccn4nccc4c3)CC2)O1. The minimum absolute atomic E-state index is 0.0574. The second-order valence-corrected chi connectivity index (χ2v) is 7.33. The predicted octanol–water partition coefficient (Wildman–Crippen LogP) is 2.26. The Morgan fingerprint density at radius 3 is 2.96 bits per heavy atom. The van der Waals surface area contributed by atoms with E-state index in [0.29, 0.717) is 25.1 Å². The van der Waals surface area contributed by atoms with Crippen LogP contribution < -0.4 is 0 Å². The number of rotatable bonds is 2. The molecule has 0 unspecified atom stereocenters. The Hall–Kier alpha value is -1.92. The van der Waals surface area contributed by atoms with Crippen LogP contribution in [0.1, 0.15) is 49.4 Å². The molecule has 0 bridgehead atoms. The van der Waals surface area contributed by atoms with Gasteiger partial charge in [-0.3, -0.25) is 4.79 Å². The summed E-state index contributed by atoms with van der Waals surface area (Å²) in [5, 5.41) is 14.4. The van der Waals surface area contributed by atoms with Crippen LogP contribution >= 0.6 is 0 Å². The van der Waals surface area contributed by atoms with Gasteiger partial charge in [0, 0.05) is 37.5 Å². The third-order valence-electron chi connectivity index (χ3n) is 5.62. The van der Waals surface area contributed by atoms with Crippen molar-refractivity contribution in [3.05, 3.63) is 36.2 Å². The van der Waals surface area contributed by atoms with Crippen LogP contribution in [0.2, 0.25) is 0 Å². The Kier molecular flexibility index (Phi) is 4.25. The van der Waals surface area contributed by atoms with Crippen LogP contribution in [0, 0.1) is 0 Å². The first-order valence-corrected chi connectivity index (χ1v) is 9.17. The molecule has 2 saturated heterocycles. The summed E-state index contributed by atoms with van der Waals surface area (Å²) in [7, 11) is 0. The Balaban J connectivity index is 1.45. The molecule has 6 nitrogen and oxygen atoms in total. The number of carbonyl (C=O) groups excluding carboxylic acids is 1. The smallest absolute Gasteiger partial charge is 0.253 e. The van der Waals surface area contributed by atoms with Gasteiger partial charge in [0.15, 0.2) is 0 Å². The van der Waals surface area contributed by atoms with E-state index >= 15 is 0 Å². The third-order valence-corrected chi connectivity index (χ3v) is 5.62. The van der Waals surface area contributed by atoms with Gasteiger partial charge in [-0.1, -0.05) is 6.92 Å². The Labute approximate surface area is 147 Å². The van der Waals surface area contributed by atoms with E-state index in [1.54, 1.807) is 10.7 Å². The molecule has 1 amide bonds. The lowest BCUT2D eigenvalue weighted by Crippen LogP contribution is -2.53. The van der Waals surface area contributed by atoms with Crippen LogP contribution in [-0.4, -0.2) is 56.4 Å². The summed E-state index contributed by atoms with van der Waals surface area (Å²) >= 11 is 0. The summed E-state index contributed by atoms with van der Waals surface area (Å²) in [5.74, 6) is 0.0574. The summed E-state index contributed by atoms with van der Waals surface area (Å²) in [6.45, 7) is 3.44. The van der Waals surface area contributed by atoms with Crippen molar-refractivity contribution in [3.63, 3.8) is 0 Å². The van der Waals surface area contributed by atoms with Gasteiger partial charge in [0.2, 0.25) is 0 Å². The van der Waals surface area contributed by atoms with E-state index in [4.69, 9.17) is 4.74 Å². The van der Waals surface area contributed by atoms with Crippen molar-refractivity contribution in [1.29, 1.82) is 0 Å². The molecule has 25 heavy (non-hydrogen) atoms. The fourth-order valence-electron chi connectivity index (χ4n) is 4.19. The maximum absolute atomic E-state index is 12.8. The van der Waals surface area contributed by atoms with E-state index < -0.39 is 0 Å². The number of ether oxygens (including phenoxy) is 1. The van der Waals surface area contributed by atoms with Crippen LogP contribution in [0.4, 0.5) is 0 Å². The van der Waals surface area contributed by atoms with Crippen LogP contribution in [0.5, 0.6) is 0 Å². The minimum Gasteiger partial charge on any atom is -0.393 e. The highest BCUT2D eigenvalue weighted by Gasteiger charge is 2.43. The molecule has 2 aliphatic heterocycles. The lowest BCUT2D eigenvalue weighted by Gasteiger charge is -2.47. The Bertz CT molecular complexity index is 764. The maximum Gasteiger partial charge on any atom is 0.253 e. The number of pyridine rings is 1. The summed E-state index contributed by atoms with van der Waals surface area (Å²) in [5.41, 5.74) is 1.36. The zero-order valence-corrected chi connectivity index (χ0v) is 14.6. The molecule has 0 aromatic carbocycles. The zero-order chi connectivity index (χ0) is 17.4. The molecule has 4 heterocycles. The monoisotopic (exact) mass is 343 g/mol. The fraction of sp³-hybridized carbons (Fsp3) is 0.579. The van der Waals surface area contributed by atoms with E-state index in [0.717, 1.165) is 31.2 Å². The normalized spacial score (nSPS) is 26.2. The first-order chi connectivity index (χ1) is 12.1. The van der Waals surface area contributed by atoms with Gasteiger partial charge in [0.1, 0.15) is 0 Å². The zero-order valence-electron chi connectivity index (χ0n) is 14.6. The van der Waals surface area contributed by atoms with Gasteiger partial charge in [-0.25, -0.2) is 4.52 Å². The lowest BCUT2D eigenvalue weighted by molar-refractivity contribution is -0.179. The molecule has 2 fully saturated rings. The Morgan fingerprint density at radius 1 is 1.40 bits per heavy atom. The predicted molar refractivity (Wildman–Crippen MR) is 93.5 cm³/mol. The number of hydrogen-bond acceptors (Lipinski definition) is 4. The molecule has 2 aliphatic rings. The van der Waals surface area contributed by atoms with Crippen molar-refractivity contribution in [2.45, 2.75) is 56.8 Å². The number of fused-ring (bicyclic) bond motifs is 1. The van der Waals surface area contributed by atoms with Crippen molar-refractivity contribution in [1.82, 2.24) is 14.5 Å². The number of amides is 1. The number of piperidine rings is 1. The van der Waals surface area contributed by atoms with Crippen LogP contribution in [0.15, 0.2) is 30.6 Å². The van der Waals surface area contributed by atoms with Crippen LogP contribution in [-0.2, 0) is 4.74 Å². The second kappa shape index (κ2) is 6.42. The molecule has 1 N–H and O–H groups in total. The van der Waals surface area contributed by atoms with E-state index in [-0.39, 0.29) is 23.7 Å². The number of aromatic nitrogens is 2. The van der Waals surface area contributed by atoms with Crippen molar-refractivity contribution in [3.8, 4) is 0 Å². The molecule has 4 rings (SSSR count). The molecule has 0 aliphatic carbocycles. The summed E-state index contributed by atoms with van der Waals surface area (Å²) in [6.07, 6.45) is 7.32. The van der Waals surface area contributed by atoms with E-state index in [1.165, 1.54) is 0 Å². The second-order valence-electron chi connectivity index (χ2n) is 7.33. The average molecular weight is 343 g/mol. The van der Waals surface area contributed by atoms with Gasteiger partial charge in [-0.15, -0.1) is 0 Å². The van der Waals surface area contributed by atoms with Gasteiger partial charge in [-0.2, -0.15) is 5.10 Å². The number of aliphatic hydroxyl groups is 1. The van der Waals surface area contributed by atoms with Gasteiger partial charge in [0.05, 0.1) is 23.3 Å². The van der Waals surface area contributed by atoms with E-state index in [2.05, 4.69) is 12.0 Å². The minimum atomic E-state index is -0.287. The van der Waals surface area contributed by atoms with Crippen LogP contribution in [0.25, 0.3) is 5.52 Å². The number of aliphatic hydroxyl groups excluding tert-OH is 1. The molecule has 0 saturated carbocycles. The molecule has 2 atom stereocenters. The van der Waals surface area contributed by atoms with Crippen molar-refractivity contribution in [2.24, 2.45) is 0 Å². The molecule has 6 heteroatoms. The third kappa shape index (κ3) is 3.16. The fourth-order valence-corrected chi connectivity index (χ4v) is 4.19. The lowest BCUT2D eigenvalue weighted by atomic mass is 9.81. The maximum atomic E-state index is 12.8. The number of nitrogens with zero attached hydrogens (tertiary/aromatic N) is 3. The number of hydrogen-bond donors (Lipinski definition) is 1. The number of carbonyl (C=O) groups is 1. The van der Waals surface area contributed by atoms with Crippen LogP contribution in [0.3, 0.4) is 0 Å². The van der Waals surface area contributed by atoms with Gasteiger partial charge >= 0.3 is 0 Å². The van der Waals surface area contributed by atoms with Gasteiger partial charge < -0.3 is 14.7 Å². The van der Waals surface area contributed by atoms with Crippen molar-refractivity contribution in [2.75, 3.05) is 13.1 Å². The van der Waals surface area contributed by atoms with E-state index in [1.807, 2.05) is 29.3 Å².